The van der Waals surface area contributed by atoms with Gasteiger partial charge in [0.1, 0.15) is 0 Å². The van der Waals surface area contributed by atoms with Crippen LogP contribution in [0.15, 0.2) is 18.2 Å². The van der Waals surface area contributed by atoms with Gasteiger partial charge in [-0.25, -0.2) is 21.6 Å². The molecule has 1 rings (SSSR count). The summed E-state index contributed by atoms with van der Waals surface area (Å²) in [6.45, 7) is 0. The molecule has 3 N–H and O–H groups in total. The van der Waals surface area contributed by atoms with E-state index < -0.39 is 30.9 Å². The van der Waals surface area contributed by atoms with Crippen LogP contribution in [0, 0.1) is 0 Å². The zero-order valence-corrected chi connectivity index (χ0v) is 12.4. The SMILES string of the molecule is CN(c1ccc(C(=O)O)cc1N)S(=O)(=O)CS(C)(=O)=O. The molecule has 0 aromatic heterocycles. The van der Waals surface area contributed by atoms with E-state index in [-0.39, 0.29) is 16.9 Å². The average molecular weight is 322 g/mol. The van der Waals surface area contributed by atoms with Gasteiger partial charge in [-0.15, -0.1) is 0 Å². The van der Waals surface area contributed by atoms with E-state index in [0.717, 1.165) is 23.7 Å². The number of hydrogen-bond acceptors (Lipinski definition) is 6. The molecule has 0 spiro atoms. The van der Waals surface area contributed by atoms with Crippen molar-refractivity contribution in [3.05, 3.63) is 23.8 Å². The number of aromatic carboxylic acids is 1. The number of carboxylic acids is 1. The normalized spacial score (nSPS) is 12.1. The lowest BCUT2D eigenvalue weighted by Gasteiger charge is -2.20. The summed E-state index contributed by atoms with van der Waals surface area (Å²) in [6, 6.07) is 3.49. The van der Waals surface area contributed by atoms with Gasteiger partial charge in [-0.2, -0.15) is 0 Å². The molecule has 0 saturated carbocycles. The van der Waals surface area contributed by atoms with E-state index in [1.54, 1.807) is 0 Å². The van der Waals surface area contributed by atoms with Crippen LogP contribution in [0.25, 0.3) is 0 Å². The van der Waals surface area contributed by atoms with Gasteiger partial charge in [0.2, 0.25) is 10.0 Å². The van der Waals surface area contributed by atoms with Gasteiger partial charge in [0.25, 0.3) is 0 Å². The summed E-state index contributed by atoms with van der Waals surface area (Å²) < 4.78 is 46.7. The third-order valence-corrected chi connectivity index (χ3v) is 6.33. The summed E-state index contributed by atoms with van der Waals surface area (Å²) in [6.07, 6.45) is 0.801. The summed E-state index contributed by atoms with van der Waals surface area (Å²) in [5, 5.41) is 7.73. The number of carboxylic acid groups (broad SMARTS) is 1. The molecule has 10 heteroatoms. The molecule has 0 aliphatic rings. The molecule has 0 heterocycles. The third kappa shape index (κ3) is 3.84. The second kappa shape index (κ2) is 5.29. The van der Waals surface area contributed by atoms with Crippen molar-refractivity contribution in [1.82, 2.24) is 0 Å². The monoisotopic (exact) mass is 322 g/mol. The van der Waals surface area contributed by atoms with Gasteiger partial charge < -0.3 is 10.8 Å². The van der Waals surface area contributed by atoms with Crippen LogP contribution < -0.4 is 10.0 Å². The number of rotatable bonds is 5. The maximum Gasteiger partial charge on any atom is 0.335 e. The molecule has 0 amide bonds. The van der Waals surface area contributed by atoms with E-state index in [1.165, 1.54) is 12.1 Å². The fourth-order valence-corrected chi connectivity index (χ4v) is 4.74. The van der Waals surface area contributed by atoms with Crippen LogP contribution in [-0.2, 0) is 19.9 Å². The molecule has 0 radical (unpaired) electrons. The van der Waals surface area contributed by atoms with Crippen LogP contribution in [0.4, 0.5) is 11.4 Å². The highest BCUT2D eigenvalue weighted by molar-refractivity contribution is 8.08. The number of nitrogens with zero attached hydrogens (tertiary/aromatic N) is 1. The molecule has 0 aliphatic heterocycles. The van der Waals surface area contributed by atoms with E-state index in [1.807, 2.05) is 0 Å². The predicted molar refractivity (Wildman–Crippen MR) is 74.8 cm³/mol. The van der Waals surface area contributed by atoms with Crippen molar-refractivity contribution in [3.8, 4) is 0 Å². The maximum absolute atomic E-state index is 11.9. The van der Waals surface area contributed by atoms with Crippen molar-refractivity contribution in [1.29, 1.82) is 0 Å². The zero-order chi connectivity index (χ0) is 15.7. The lowest BCUT2D eigenvalue weighted by atomic mass is 10.2. The average Bonchev–Trinajstić information content (AvgIpc) is 2.24. The van der Waals surface area contributed by atoms with E-state index >= 15 is 0 Å². The Hall–Kier alpha value is -1.81. The predicted octanol–water partition coefficient (Wildman–Crippen LogP) is -0.265. The third-order valence-electron chi connectivity index (χ3n) is 2.39. The molecule has 1 aromatic carbocycles. The van der Waals surface area contributed by atoms with E-state index in [4.69, 9.17) is 10.8 Å². The first-order valence-electron chi connectivity index (χ1n) is 5.21. The summed E-state index contributed by atoms with van der Waals surface area (Å²) in [7, 11) is -6.70. The summed E-state index contributed by atoms with van der Waals surface area (Å²) in [4.78, 5) is 10.8. The van der Waals surface area contributed by atoms with E-state index in [0.29, 0.717) is 0 Å². The summed E-state index contributed by atoms with van der Waals surface area (Å²) in [5.41, 5.74) is 5.44. The molecule has 112 valence electrons. The fourth-order valence-electron chi connectivity index (χ4n) is 1.47. The van der Waals surface area contributed by atoms with Gasteiger partial charge in [0, 0.05) is 13.3 Å². The number of sulfonamides is 1. The van der Waals surface area contributed by atoms with Gasteiger partial charge in [0.05, 0.1) is 16.9 Å². The van der Waals surface area contributed by atoms with E-state index in [2.05, 4.69) is 0 Å². The Balaban J connectivity index is 3.22. The van der Waals surface area contributed by atoms with Crippen molar-refractivity contribution in [2.45, 2.75) is 0 Å². The van der Waals surface area contributed by atoms with Gasteiger partial charge >= 0.3 is 5.97 Å². The number of anilines is 2. The minimum Gasteiger partial charge on any atom is -0.478 e. The second-order valence-corrected chi connectivity index (χ2v) is 8.71. The minimum atomic E-state index is -4.11. The molecular weight excluding hydrogens is 308 g/mol. The molecule has 0 saturated heterocycles. The lowest BCUT2D eigenvalue weighted by Crippen LogP contribution is -2.32. The van der Waals surface area contributed by atoms with Crippen LogP contribution in [0.5, 0.6) is 0 Å². The van der Waals surface area contributed by atoms with Crippen LogP contribution in [0.1, 0.15) is 10.4 Å². The lowest BCUT2D eigenvalue weighted by molar-refractivity contribution is 0.0697. The molecule has 0 atom stereocenters. The zero-order valence-electron chi connectivity index (χ0n) is 10.8. The second-order valence-electron chi connectivity index (χ2n) is 4.20. The smallest absolute Gasteiger partial charge is 0.335 e. The maximum atomic E-state index is 11.9. The van der Waals surface area contributed by atoms with Gasteiger partial charge in [0.15, 0.2) is 14.9 Å². The van der Waals surface area contributed by atoms with Crippen molar-refractivity contribution in [2.24, 2.45) is 0 Å². The van der Waals surface area contributed by atoms with Gasteiger partial charge in [-0.3, -0.25) is 4.31 Å². The van der Waals surface area contributed by atoms with Crippen LogP contribution in [0.3, 0.4) is 0 Å². The van der Waals surface area contributed by atoms with Crippen molar-refractivity contribution < 1.29 is 26.7 Å². The number of nitrogens with two attached hydrogens (primary N) is 1. The number of carbonyl (C=O) groups is 1. The molecule has 1 aromatic rings. The number of nitrogen functional groups attached to an aromatic ring is 1. The van der Waals surface area contributed by atoms with Gasteiger partial charge in [-0.05, 0) is 18.2 Å². The highest BCUT2D eigenvalue weighted by Gasteiger charge is 2.25. The molecular formula is C10H14N2O6S2. The van der Waals surface area contributed by atoms with Gasteiger partial charge in [-0.1, -0.05) is 0 Å². The Bertz CT molecular complexity index is 739. The highest BCUT2D eigenvalue weighted by Crippen LogP contribution is 2.26. The minimum absolute atomic E-state index is 0.0126. The Kier molecular flexibility index (Phi) is 4.30. The Morgan fingerprint density at radius 1 is 1.30 bits per heavy atom. The first-order chi connectivity index (χ1) is 8.94. The molecule has 0 fully saturated rings. The largest absolute Gasteiger partial charge is 0.478 e. The Morgan fingerprint density at radius 3 is 2.25 bits per heavy atom. The molecule has 0 unspecified atom stereocenters. The van der Waals surface area contributed by atoms with Crippen LogP contribution >= 0.6 is 0 Å². The van der Waals surface area contributed by atoms with Crippen molar-refractivity contribution in [2.75, 3.05) is 28.4 Å². The molecule has 0 bridgehead atoms. The fraction of sp³-hybridized carbons (Fsp3) is 0.300. The number of sulfone groups is 1. The van der Waals surface area contributed by atoms with Crippen molar-refractivity contribution in [3.63, 3.8) is 0 Å². The Morgan fingerprint density at radius 2 is 1.85 bits per heavy atom. The van der Waals surface area contributed by atoms with E-state index in [9.17, 15) is 21.6 Å². The van der Waals surface area contributed by atoms with Crippen LogP contribution in [-0.4, -0.2) is 46.3 Å². The topological polar surface area (TPSA) is 135 Å². The molecule has 0 aliphatic carbocycles. The highest BCUT2D eigenvalue weighted by atomic mass is 32.3. The number of benzene rings is 1. The van der Waals surface area contributed by atoms with Crippen molar-refractivity contribution >= 4 is 37.2 Å². The van der Waals surface area contributed by atoms with Crippen LogP contribution in [0.2, 0.25) is 0 Å². The first kappa shape index (κ1) is 16.2. The number of hydrogen-bond donors (Lipinski definition) is 2. The first-order valence-corrected chi connectivity index (χ1v) is 8.88. The molecule has 8 nitrogen and oxygen atoms in total. The summed E-state index contributed by atoms with van der Waals surface area (Å²) >= 11 is 0. The standard InChI is InChI=1S/C10H14N2O6S2/c1-12(20(17,18)6-19(2,15)16)9-4-3-7(10(13)14)5-8(9)11/h3-5H,6,11H2,1-2H3,(H,13,14). The Labute approximate surface area is 116 Å². The summed E-state index contributed by atoms with van der Waals surface area (Å²) in [5.74, 6) is -1.20. The quantitative estimate of drug-likeness (QED) is 0.713. The molecule has 20 heavy (non-hydrogen) atoms.